The summed E-state index contributed by atoms with van der Waals surface area (Å²) >= 11 is 1.42. The summed E-state index contributed by atoms with van der Waals surface area (Å²) in [5.41, 5.74) is 0.992. The molecule has 9 heteroatoms. The van der Waals surface area contributed by atoms with Crippen LogP contribution in [0.4, 0.5) is 11.4 Å². The van der Waals surface area contributed by atoms with E-state index in [1.807, 2.05) is 0 Å². The zero-order valence-electron chi connectivity index (χ0n) is 10.1. The number of thioether (sulfide) groups is 1. The highest BCUT2D eigenvalue weighted by atomic mass is 32.2. The minimum Gasteiger partial charge on any atom is -0.324 e. The molecular weight excluding hydrogens is 300 g/mol. The summed E-state index contributed by atoms with van der Waals surface area (Å²) in [6.07, 6.45) is 2.51. The number of carbonyl (C=O) groups is 1. The highest BCUT2D eigenvalue weighted by molar-refractivity contribution is 8.00. The van der Waals surface area contributed by atoms with Gasteiger partial charge in [-0.1, -0.05) is 0 Å². The summed E-state index contributed by atoms with van der Waals surface area (Å²) in [6.45, 7) is 0. The molecule has 0 spiro atoms. The molecule has 2 aromatic rings. The van der Waals surface area contributed by atoms with Gasteiger partial charge in [0, 0.05) is 11.1 Å². The summed E-state index contributed by atoms with van der Waals surface area (Å²) < 4.78 is 26.5. The van der Waals surface area contributed by atoms with Gasteiger partial charge in [0.05, 0.1) is 23.3 Å². The van der Waals surface area contributed by atoms with Crippen molar-refractivity contribution in [3.05, 3.63) is 30.6 Å². The zero-order valence-corrected chi connectivity index (χ0v) is 11.7. The van der Waals surface area contributed by atoms with Crippen LogP contribution >= 0.6 is 11.8 Å². The number of sulfonamides is 1. The first-order chi connectivity index (χ1) is 9.54. The molecule has 7 nitrogen and oxygen atoms in total. The maximum atomic E-state index is 12.0. The Labute approximate surface area is 119 Å². The Balaban J connectivity index is 1.89. The van der Waals surface area contributed by atoms with Crippen molar-refractivity contribution in [1.29, 1.82) is 0 Å². The number of hydrogen-bond acceptors (Lipinski definition) is 5. The molecule has 3 rings (SSSR count). The number of amides is 1. The predicted molar refractivity (Wildman–Crippen MR) is 75.2 cm³/mol. The highest BCUT2D eigenvalue weighted by Crippen LogP contribution is 2.33. The number of nitrogens with zero attached hydrogens (tertiary/aromatic N) is 1. The van der Waals surface area contributed by atoms with Gasteiger partial charge in [-0.3, -0.25) is 14.6 Å². The summed E-state index contributed by atoms with van der Waals surface area (Å²) in [6, 6.07) is 5.02. The fourth-order valence-corrected chi connectivity index (χ4v) is 3.49. The second-order valence-corrected chi connectivity index (χ2v) is 6.79. The lowest BCUT2D eigenvalue weighted by atomic mass is 10.3. The molecule has 20 heavy (non-hydrogen) atoms. The maximum absolute atomic E-state index is 12.0. The third-order valence-corrected chi connectivity index (χ3v) is 5.07. The molecule has 0 saturated heterocycles. The van der Waals surface area contributed by atoms with E-state index in [2.05, 4.69) is 20.2 Å². The molecule has 0 aliphatic carbocycles. The van der Waals surface area contributed by atoms with Gasteiger partial charge in [0.15, 0.2) is 0 Å². The van der Waals surface area contributed by atoms with Crippen molar-refractivity contribution in [2.45, 2.75) is 9.79 Å². The van der Waals surface area contributed by atoms with E-state index in [1.165, 1.54) is 24.2 Å². The first-order valence-electron chi connectivity index (χ1n) is 5.63. The van der Waals surface area contributed by atoms with Crippen molar-refractivity contribution in [2.24, 2.45) is 0 Å². The molecule has 0 unspecified atom stereocenters. The Hall–Kier alpha value is -2.00. The van der Waals surface area contributed by atoms with Crippen LogP contribution in [0.5, 0.6) is 0 Å². The van der Waals surface area contributed by atoms with Crippen LogP contribution in [-0.4, -0.2) is 30.3 Å². The minimum atomic E-state index is -3.67. The zero-order chi connectivity index (χ0) is 14.2. The molecule has 0 radical (unpaired) electrons. The molecule has 2 heterocycles. The normalized spacial score (nSPS) is 14.5. The molecule has 0 fully saturated rings. The number of carbonyl (C=O) groups excluding carboxylic acids is 1. The second-order valence-electron chi connectivity index (χ2n) is 4.09. The molecule has 1 aliphatic heterocycles. The van der Waals surface area contributed by atoms with Gasteiger partial charge in [-0.25, -0.2) is 8.42 Å². The average molecular weight is 310 g/mol. The van der Waals surface area contributed by atoms with Gasteiger partial charge in [0.1, 0.15) is 4.90 Å². The number of H-pyrrole nitrogens is 1. The van der Waals surface area contributed by atoms with Gasteiger partial charge in [-0.2, -0.15) is 5.10 Å². The summed E-state index contributed by atoms with van der Waals surface area (Å²) in [5.74, 6) is 0.268. The smallest absolute Gasteiger partial charge is 0.265 e. The van der Waals surface area contributed by atoms with Gasteiger partial charge >= 0.3 is 0 Å². The van der Waals surface area contributed by atoms with Crippen LogP contribution in [0.3, 0.4) is 0 Å². The maximum Gasteiger partial charge on any atom is 0.265 e. The number of benzene rings is 1. The quantitative estimate of drug-likeness (QED) is 0.791. The van der Waals surface area contributed by atoms with Gasteiger partial charge in [-0.05, 0) is 18.2 Å². The summed E-state index contributed by atoms with van der Waals surface area (Å²) in [4.78, 5) is 12.3. The number of nitrogens with one attached hydrogen (secondary N) is 3. The third kappa shape index (κ3) is 2.49. The lowest BCUT2D eigenvalue weighted by Gasteiger charge is -2.17. The Bertz CT molecular complexity index is 756. The summed E-state index contributed by atoms with van der Waals surface area (Å²) in [5, 5.41) is 8.76. The Morgan fingerprint density at radius 2 is 2.20 bits per heavy atom. The van der Waals surface area contributed by atoms with E-state index < -0.39 is 10.0 Å². The molecule has 104 valence electrons. The van der Waals surface area contributed by atoms with Crippen LogP contribution < -0.4 is 10.0 Å². The van der Waals surface area contributed by atoms with Crippen molar-refractivity contribution >= 4 is 39.1 Å². The van der Waals surface area contributed by atoms with E-state index in [0.717, 1.165) is 4.90 Å². The number of fused-ring (bicyclic) bond motifs is 1. The number of hydrogen-bond donors (Lipinski definition) is 3. The lowest BCUT2D eigenvalue weighted by molar-refractivity contribution is -0.113. The molecule has 0 bridgehead atoms. The monoisotopic (exact) mass is 310 g/mol. The highest BCUT2D eigenvalue weighted by Gasteiger charge is 2.18. The molecule has 1 aromatic carbocycles. The van der Waals surface area contributed by atoms with Crippen LogP contribution in [0.25, 0.3) is 0 Å². The lowest BCUT2D eigenvalue weighted by Crippen LogP contribution is -2.19. The molecule has 1 amide bonds. The van der Waals surface area contributed by atoms with E-state index in [4.69, 9.17) is 0 Å². The van der Waals surface area contributed by atoms with Gasteiger partial charge in [0.2, 0.25) is 5.91 Å². The SMILES string of the molecule is O=C1CSc2ccc(NS(=O)(=O)c3cn[nH]c3)cc2N1. The fraction of sp³-hybridized carbons (Fsp3) is 0.0909. The van der Waals surface area contributed by atoms with Crippen molar-refractivity contribution < 1.29 is 13.2 Å². The van der Waals surface area contributed by atoms with Crippen molar-refractivity contribution in [3.63, 3.8) is 0 Å². The van der Waals surface area contributed by atoms with Crippen LogP contribution in [0, 0.1) is 0 Å². The van der Waals surface area contributed by atoms with Crippen molar-refractivity contribution in [1.82, 2.24) is 10.2 Å². The minimum absolute atomic E-state index is 0.0497. The third-order valence-electron chi connectivity index (χ3n) is 2.65. The number of aromatic amines is 1. The van der Waals surface area contributed by atoms with Gasteiger partial charge < -0.3 is 5.32 Å². The standard InChI is InChI=1S/C11H10N4O3S2/c16-11-6-19-10-2-1-7(3-9(10)14-11)15-20(17,18)8-4-12-13-5-8/h1-5,15H,6H2,(H,12,13)(H,14,16). The van der Waals surface area contributed by atoms with E-state index in [0.29, 0.717) is 17.1 Å². The van der Waals surface area contributed by atoms with E-state index >= 15 is 0 Å². The fourth-order valence-electron chi connectivity index (χ4n) is 1.75. The molecule has 1 aromatic heterocycles. The predicted octanol–water partition coefficient (Wildman–Crippen LogP) is 1.25. The molecule has 0 saturated carbocycles. The van der Waals surface area contributed by atoms with E-state index in [9.17, 15) is 13.2 Å². The summed E-state index contributed by atoms with van der Waals surface area (Å²) in [7, 11) is -3.67. The van der Waals surface area contributed by atoms with Crippen LogP contribution in [0.1, 0.15) is 0 Å². The van der Waals surface area contributed by atoms with E-state index in [-0.39, 0.29) is 10.8 Å². The van der Waals surface area contributed by atoms with Gasteiger partial charge in [0.25, 0.3) is 10.0 Å². The molecular formula is C11H10N4O3S2. The Kier molecular flexibility index (Phi) is 3.14. The van der Waals surface area contributed by atoms with Crippen LogP contribution in [0.2, 0.25) is 0 Å². The first-order valence-corrected chi connectivity index (χ1v) is 8.10. The molecule has 1 aliphatic rings. The van der Waals surface area contributed by atoms with Crippen molar-refractivity contribution in [2.75, 3.05) is 15.8 Å². The Morgan fingerprint density at radius 1 is 1.35 bits per heavy atom. The number of aromatic nitrogens is 2. The number of rotatable bonds is 3. The van der Waals surface area contributed by atoms with Crippen molar-refractivity contribution in [3.8, 4) is 0 Å². The molecule has 0 atom stereocenters. The van der Waals surface area contributed by atoms with Gasteiger partial charge in [-0.15, -0.1) is 11.8 Å². The van der Waals surface area contributed by atoms with E-state index in [1.54, 1.807) is 18.2 Å². The topological polar surface area (TPSA) is 104 Å². The Morgan fingerprint density at radius 3 is 2.95 bits per heavy atom. The number of anilines is 2. The average Bonchev–Trinajstić information content (AvgIpc) is 2.92. The molecule has 3 N–H and O–H groups in total. The first kappa shape index (κ1) is 13.0. The van der Waals surface area contributed by atoms with Crippen LogP contribution in [0.15, 0.2) is 40.4 Å². The second kappa shape index (κ2) is 4.84. The van der Waals surface area contributed by atoms with Crippen LogP contribution in [-0.2, 0) is 14.8 Å². The largest absolute Gasteiger partial charge is 0.324 e.